The van der Waals surface area contributed by atoms with Crippen molar-refractivity contribution < 1.29 is 0 Å². The summed E-state index contributed by atoms with van der Waals surface area (Å²) in [5.74, 6) is 0. The number of nitrogens with one attached hydrogen (secondary N) is 1. The topological polar surface area (TPSA) is 38.0 Å². The predicted octanol–water partition coefficient (Wildman–Crippen LogP) is 4.28. The molecule has 2 aromatic rings. The zero-order valence-corrected chi connectivity index (χ0v) is 10.7. The Morgan fingerprint density at radius 2 is 1.76 bits per heavy atom. The maximum absolute atomic E-state index is 5.95. The van der Waals surface area contributed by atoms with E-state index < -0.39 is 0 Å². The van der Waals surface area contributed by atoms with Gasteiger partial charge in [0.1, 0.15) is 0 Å². The Morgan fingerprint density at radius 1 is 1.00 bits per heavy atom. The van der Waals surface area contributed by atoms with Crippen molar-refractivity contribution in [1.29, 1.82) is 0 Å². The third-order valence-electron chi connectivity index (χ3n) is 2.67. The van der Waals surface area contributed by atoms with Gasteiger partial charge in [-0.1, -0.05) is 29.3 Å². The lowest BCUT2D eigenvalue weighted by Crippen LogP contribution is -1.97. The summed E-state index contributed by atoms with van der Waals surface area (Å²) in [5.41, 5.74) is 10.9. The lowest BCUT2D eigenvalue weighted by Gasteiger charge is -2.12. The lowest BCUT2D eigenvalue weighted by atomic mass is 10.1. The summed E-state index contributed by atoms with van der Waals surface area (Å²) in [6.07, 6.45) is 0. The van der Waals surface area contributed by atoms with Crippen molar-refractivity contribution in [3.8, 4) is 0 Å². The van der Waals surface area contributed by atoms with Gasteiger partial charge in [-0.05, 0) is 43.7 Å². The molecule has 0 saturated carbocycles. The fourth-order valence-electron chi connectivity index (χ4n) is 1.74. The minimum atomic E-state index is 0.673. The van der Waals surface area contributed by atoms with Gasteiger partial charge < -0.3 is 11.1 Å². The molecule has 0 heterocycles. The average Bonchev–Trinajstić information content (AvgIpc) is 2.27. The SMILES string of the molecule is Cc1ccc(Nc2cc(Cl)ccc2N)c(C)c1. The third-order valence-corrected chi connectivity index (χ3v) is 2.90. The minimum absolute atomic E-state index is 0.673. The van der Waals surface area contributed by atoms with E-state index in [-0.39, 0.29) is 0 Å². The molecule has 0 fully saturated rings. The van der Waals surface area contributed by atoms with E-state index in [0.29, 0.717) is 10.7 Å². The normalized spacial score (nSPS) is 10.3. The molecule has 0 unspecified atom stereocenters. The second-order valence-electron chi connectivity index (χ2n) is 4.17. The van der Waals surface area contributed by atoms with Crippen molar-refractivity contribution in [3.63, 3.8) is 0 Å². The van der Waals surface area contributed by atoms with Crippen LogP contribution in [0.15, 0.2) is 36.4 Å². The highest BCUT2D eigenvalue weighted by atomic mass is 35.5. The summed E-state index contributed by atoms with van der Waals surface area (Å²) in [6, 6.07) is 11.7. The predicted molar refractivity (Wildman–Crippen MR) is 75.1 cm³/mol. The van der Waals surface area contributed by atoms with Crippen LogP contribution in [0.1, 0.15) is 11.1 Å². The summed E-state index contributed by atoms with van der Waals surface area (Å²) in [6.45, 7) is 4.14. The van der Waals surface area contributed by atoms with Gasteiger partial charge >= 0.3 is 0 Å². The third kappa shape index (κ3) is 2.71. The molecular formula is C14H15ClN2. The van der Waals surface area contributed by atoms with E-state index in [2.05, 4.69) is 31.3 Å². The summed E-state index contributed by atoms with van der Waals surface area (Å²) >= 11 is 5.95. The van der Waals surface area contributed by atoms with E-state index >= 15 is 0 Å². The van der Waals surface area contributed by atoms with Crippen molar-refractivity contribution >= 4 is 28.7 Å². The first kappa shape index (κ1) is 11.8. The fourth-order valence-corrected chi connectivity index (χ4v) is 1.91. The molecule has 3 heteroatoms. The van der Waals surface area contributed by atoms with Gasteiger partial charge in [-0.15, -0.1) is 0 Å². The number of nitrogens with two attached hydrogens (primary N) is 1. The number of aryl methyl sites for hydroxylation is 2. The van der Waals surface area contributed by atoms with E-state index in [1.165, 1.54) is 11.1 Å². The highest BCUT2D eigenvalue weighted by molar-refractivity contribution is 6.31. The number of anilines is 3. The van der Waals surface area contributed by atoms with Crippen LogP contribution in [0.4, 0.5) is 17.1 Å². The van der Waals surface area contributed by atoms with Crippen LogP contribution in [0, 0.1) is 13.8 Å². The second-order valence-corrected chi connectivity index (χ2v) is 4.61. The van der Waals surface area contributed by atoms with E-state index in [9.17, 15) is 0 Å². The molecule has 3 N–H and O–H groups in total. The Hall–Kier alpha value is -1.67. The molecule has 0 radical (unpaired) electrons. The molecule has 0 aliphatic rings. The Kier molecular flexibility index (Phi) is 3.25. The molecule has 0 spiro atoms. The second kappa shape index (κ2) is 4.68. The van der Waals surface area contributed by atoms with Crippen molar-refractivity contribution in [2.45, 2.75) is 13.8 Å². The van der Waals surface area contributed by atoms with E-state index in [0.717, 1.165) is 11.4 Å². The summed E-state index contributed by atoms with van der Waals surface area (Å²) < 4.78 is 0. The largest absolute Gasteiger partial charge is 0.397 e. The molecular weight excluding hydrogens is 232 g/mol. The van der Waals surface area contributed by atoms with Gasteiger partial charge in [0, 0.05) is 10.7 Å². The minimum Gasteiger partial charge on any atom is -0.397 e. The van der Waals surface area contributed by atoms with Crippen LogP contribution in [0.5, 0.6) is 0 Å². The molecule has 88 valence electrons. The number of hydrogen-bond donors (Lipinski definition) is 2. The molecule has 0 aliphatic carbocycles. The highest BCUT2D eigenvalue weighted by Crippen LogP contribution is 2.28. The zero-order valence-electron chi connectivity index (χ0n) is 9.92. The average molecular weight is 247 g/mol. The van der Waals surface area contributed by atoms with Crippen LogP contribution < -0.4 is 11.1 Å². The Morgan fingerprint density at radius 3 is 2.47 bits per heavy atom. The molecule has 0 saturated heterocycles. The number of nitrogen functional groups attached to an aromatic ring is 1. The van der Waals surface area contributed by atoms with Crippen LogP contribution in [0.25, 0.3) is 0 Å². The zero-order chi connectivity index (χ0) is 12.4. The molecule has 2 nitrogen and oxygen atoms in total. The number of rotatable bonds is 2. The van der Waals surface area contributed by atoms with E-state index in [4.69, 9.17) is 17.3 Å². The van der Waals surface area contributed by atoms with Gasteiger partial charge in [0.25, 0.3) is 0 Å². The standard InChI is InChI=1S/C14H15ClN2/c1-9-3-6-13(10(2)7-9)17-14-8-11(15)4-5-12(14)16/h3-8,17H,16H2,1-2H3. The van der Waals surface area contributed by atoms with Gasteiger partial charge in [0.05, 0.1) is 11.4 Å². The smallest absolute Gasteiger partial charge is 0.0632 e. The Bertz CT molecular complexity index is 550. The van der Waals surface area contributed by atoms with Crippen molar-refractivity contribution in [3.05, 3.63) is 52.5 Å². The fraction of sp³-hybridized carbons (Fsp3) is 0.143. The molecule has 2 rings (SSSR count). The lowest BCUT2D eigenvalue weighted by molar-refractivity contribution is 1.37. The van der Waals surface area contributed by atoms with Gasteiger partial charge in [-0.25, -0.2) is 0 Å². The van der Waals surface area contributed by atoms with Gasteiger partial charge in [0.2, 0.25) is 0 Å². The first-order chi connectivity index (χ1) is 8.06. The van der Waals surface area contributed by atoms with Crippen molar-refractivity contribution in [2.24, 2.45) is 0 Å². The molecule has 17 heavy (non-hydrogen) atoms. The molecule has 0 amide bonds. The number of benzene rings is 2. The summed E-state index contributed by atoms with van der Waals surface area (Å²) in [7, 11) is 0. The molecule has 0 atom stereocenters. The van der Waals surface area contributed by atoms with E-state index in [1.54, 1.807) is 12.1 Å². The highest BCUT2D eigenvalue weighted by Gasteiger charge is 2.03. The molecule has 2 aromatic carbocycles. The van der Waals surface area contributed by atoms with Crippen LogP contribution in [-0.2, 0) is 0 Å². The molecule has 0 aromatic heterocycles. The van der Waals surface area contributed by atoms with Gasteiger partial charge in [-0.2, -0.15) is 0 Å². The van der Waals surface area contributed by atoms with E-state index in [1.807, 2.05) is 12.1 Å². The van der Waals surface area contributed by atoms with Crippen molar-refractivity contribution in [2.75, 3.05) is 11.1 Å². The number of halogens is 1. The van der Waals surface area contributed by atoms with Crippen LogP contribution in [-0.4, -0.2) is 0 Å². The van der Waals surface area contributed by atoms with Crippen molar-refractivity contribution in [1.82, 2.24) is 0 Å². The maximum Gasteiger partial charge on any atom is 0.0632 e. The first-order valence-electron chi connectivity index (χ1n) is 5.45. The Balaban J connectivity index is 2.34. The Labute approximate surface area is 106 Å². The molecule has 0 bridgehead atoms. The van der Waals surface area contributed by atoms with Crippen LogP contribution in [0.2, 0.25) is 5.02 Å². The monoisotopic (exact) mass is 246 g/mol. The summed E-state index contributed by atoms with van der Waals surface area (Å²) in [4.78, 5) is 0. The van der Waals surface area contributed by atoms with Crippen LogP contribution in [0.3, 0.4) is 0 Å². The maximum atomic E-state index is 5.95. The summed E-state index contributed by atoms with van der Waals surface area (Å²) in [5, 5.41) is 3.97. The van der Waals surface area contributed by atoms with Gasteiger partial charge in [-0.3, -0.25) is 0 Å². The van der Waals surface area contributed by atoms with Gasteiger partial charge in [0.15, 0.2) is 0 Å². The van der Waals surface area contributed by atoms with Crippen LogP contribution >= 0.6 is 11.6 Å². The quantitative estimate of drug-likeness (QED) is 0.776. The molecule has 0 aliphatic heterocycles. The number of hydrogen-bond acceptors (Lipinski definition) is 2. The first-order valence-corrected chi connectivity index (χ1v) is 5.83.